The summed E-state index contributed by atoms with van der Waals surface area (Å²) in [5.74, 6) is 6.18. The molecule has 0 fully saturated rings. The van der Waals surface area contributed by atoms with Crippen LogP contribution in [0.25, 0.3) is 11.1 Å². The summed E-state index contributed by atoms with van der Waals surface area (Å²) in [5.41, 5.74) is 3.00. The number of benzene rings is 2. The molecule has 4 nitrogen and oxygen atoms in total. The zero-order valence-electron chi connectivity index (χ0n) is 13.4. The summed E-state index contributed by atoms with van der Waals surface area (Å²) in [6, 6.07) is 13.6. The number of hydrogen-bond acceptors (Lipinski definition) is 4. The van der Waals surface area contributed by atoms with Crippen LogP contribution in [0.3, 0.4) is 0 Å². The van der Waals surface area contributed by atoms with Crippen LogP contribution >= 0.6 is 0 Å². The van der Waals surface area contributed by atoms with E-state index in [4.69, 9.17) is 9.47 Å². The van der Waals surface area contributed by atoms with Gasteiger partial charge in [0.25, 0.3) is 0 Å². The quantitative estimate of drug-likeness (QED) is 0.494. The minimum absolute atomic E-state index is 0.449. The van der Waals surface area contributed by atoms with Crippen LogP contribution in [-0.2, 0) is 16.0 Å². The Morgan fingerprint density at radius 2 is 1.65 bits per heavy atom. The molecule has 0 aliphatic rings. The van der Waals surface area contributed by atoms with Gasteiger partial charge >= 0.3 is 5.97 Å². The molecule has 0 N–H and O–H groups in total. The maximum atomic E-state index is 11.1. The number of carbonyl (C=O) groups is 1. The lowest BCUT2D eigenvalue weighted by molar-refractivity contribution is -0.133. The van der Waals surface area contributed by atoms with Crippen LogP contribution in [0.15, 0.2) is 42.5 Å². The highest BCUT2D eigenvalue weighted by atomic mass is 16.5. The van der Waals surface area contributed by atoms with Crippen molar-refractivity contribution >= 4 is 5.97 Å². The van der Waals surface area contributed by atoms with Gasteiger partial charge in [0.05, 0.1) is 21.3 Å². The highest BCUT2D eigenvalue weighted by Crippen LogP contribution is 2.31. The fraction of sp³-hybridized carbons (Fsp3) is 0.211. The molecular formula is C19H18O4. The van der Waals surface area contributed by atoms with Gasteiger partial charge in [-0.3, -0.25) is 0 Å². The van der Waals surface area contributed by atoms with E-state index >= 15 is 0 Å². The van der Waals surface area contributed by atoms with E-state index in [-0.39, 0.29) is 0 Å². The second kappa shape index (κ2) is 7.90. The Kier molecular flexibility index (Phi) is 5.65. The molecule has 118 valence electrons. The molecule has 0 unspecified atom stereocenters. The molecule has 2 rings (SSSR count). The zero-order chi connectivity index (χ0) is 16.7. The molecule has 2 aromatic carbocycles. The normalized spacial score (nSPS) is 9.52. The summed E-state index contributed by atoms with van der Waals surface area (Å²) in [6.45, 7) is 0. The maximum absolute atomic E-state index is 11.1. The van der Waals surface area contributed by atoms with Crippen molar-refractivity contribution in [3.8, 4) is 34.5 Å². The van der Waals surface area contributed by atoms with Crippen molar-refractivity contribution in [1.82, 2.24) is 0 Å². The third-order valence-corrected chi connectivity index (χ3v) is 3.33. The molecule has 0 spiro atoms. The standard InChI is InChI=1S/C19H18O4/c1-21-16-11-15(12-17(13-16)22-2)18-9-5-4-7-14(18)8-6-10-19(20)23-3/h4-5,7,9,11-13H,8H2,1-3H3. The Labute approximate surface area is 136 Å². The molecule has 0 saturated carbocycles. The summed E-state index contributed by atoms with van der Waals surface area (Å²) in [7, 11) is 4.55. The van der Waals surface area contributed by atoms with Gasteiger partial charge in [-0.15, -0.1) is 0 Å². The summed E-state index contributed by atoms with van der Waals surface area (Å²) in [5, 5.41) is 0. The van der Waals surface area contributed by atoms with Crippen molar-refractivity contribution in [2.75, 3.05) is 21.3 Å². The molecule has 0 amide bonds. The number of hydrogen-bond donors (Lipinski definition) is 0. The molecule has 4 heteroatoms. The fourth-order valence-corrected chi connectivity index (χ4v) is 2.18. The first-order valence-corrected chi connectivity index (χ1v) is 7.06. The van der Waals surface area contributed by atoms with Crippen molar-refractivity contribution in [3.63, 3.8) is 0 Å². The molecule has 0 aliphatic carbocycles. The maximum Gasteiger partial charge on any atom is 0.384 e. The van der Waals surface area contributed by atoms with Gasteiger partial charge in [-0.25, -0.2) is 4.79 Å². The lowest BCUT2D eigenvalue weighted by atomic mass is 9.97. The summed E-state index contributed by atoms with van der Waals surface area (Å²) in [6.07, 6.45) is 0.449. The van der Waals surface area contributed by atoms with E-state index < -0.39 is 5.97 Å². The SMILES string of the molecule is COC(=O)C#CCc1ccccc1-c1cc(OC)cc(OC)c1. The predicted molar refractivity (Wildman–Crippen MR) is 88.5 cm³/mol. The number of ether oxygens (including phenoxy) is 3. The Balaban J connectivity index is 2.40. The van der Waals surface area contributed by atoms with Crippen molar-refractivity contribution in [1.29, 1.82) is 0 Å². The Bertz CT molecular complexity index is 731. The number of carbonyl (C=O) groups excluding carboxylic acids is 1. The molecule has 23 heavy (non-hydrogen) atoms. The predicted octanol–water partition coefficient (Wildman–Crippen LogP) is 3.09. The van der Waals surface area contributed by atoms with Crippen LogP contribution in [0, 0.1) is 11.8 Å². The smallest absolute Gasteiger partial charge is 0.384 e. The topological polar surface area (TPSA) is 44.8 Å². The largest absolute Gasteiger partial charge is 0.497 e. The Hall–Kier alpha value is -2.93. The van der Waals surface area contributed by atoms with Gasteiger partial charge in [0.2, 0.25) is 0 Å². The average molecular weight is 310 g/mol. The van der Waals surface area contributed by atoms with E-state index in [2.05, 4.69) is 16.6 Å². The lowest BCUT2D eigenvalue weighted by Gasteiger charge is -2.11. The molecule has 0 heterocycles. The third-order valence-electron chi connectivity index (χ3n) is 3.33. The number of methoxy groups -OCH3 is 3. The first-order valence-electron chi connectivity index (χ1n) is 7.06. The second-order valence-electron chi connectivity index (χ2n) is 4.73. The van der Waals surface area contributed by atoms with Gasteiger partial charge < -0.3 is 14.2 Å². The highest BCUT2D eigenvalue weighted by Gasteiger charge is 2.08. The first-order chi connectivity index (χ1) is 11.2. The first kappa shape index (κ1) is 16.4. The number of esters is 1. The van der Waals surface area contributed by atoms with Crippen LogP contribution < -0.4 is 9.47 Å². The van der Waals surface area contributed by atoms with Gasteiger partial charge in [0, 0.05) is 18.4 Å². The average Bonchev–Trinajstić information content (AvgIpc) is 2.61. The number of rotatable bonds is 4. The van der Waals surface area contributed by atoms with Crippen molar-refractivity contribution in [2.24, 2.45) is 0 Å². The van der Waals surface area contributed by atoms with Gasteiger partial charge in [-0.1, -0.05) is 30.2 Å². The minimum Gasteiger partial charge on any atom is -0.497 e. The Morgan fingerprint density at radius 1 is 1.00 bits per heavy atom. The van der Waals surface area contributed by atoms with Crippen LogP contribution in [-0.4, -0.2) is 27.3 Å². The molecule has 2 aromatic rings. The van der Waals surface area contributed by atoms with Crippen LogP contribution in [0.2, 0.25) is 0 Å². The zero-order valence-corrected chi connectivity index (χ0v) is 13.4. The van der Waals surface area contributed by atoms with Gasteiger partial charge in [0.15, 0.2) is 0 Å². The molecular weight excluding hydrogens is 292 g/mol. The summed E-state index contributed by atoms with van der Waals surface area (Å²) < 4.78 is 15.2. The molecule has 0 atom stereocenters. The molecule has 0 radical (unpaired) electrons. The molecule has 0 bridgehead atoms. The Morgan fingerprint density at radius 3 is 2.26 bits per heavy atom. The van der Waals surface area contributed by atoms with Gasteiger partial charge in [-0.05, 0) is 28.8 Å². The third kappa shape index (κ3) is 4.27. The van der Waals surface area contributed by atoms with E-state index in [9.17, 15) is 4.79 Å². The molecule has 0 aliphatic heterocycles. The van der Waals surface area contributed by atoms with E-state index in [1.807, 2.05) is 42.5 Å². The summed E-state index contributed by atoms with van der Waals surface area (Å²) in [4.78, 5) is 11.1. The van der Waals surface area contributed by atoms with E-state index in [1.54, 1.807) is 14.2 Å². The van der Waals surface area contributed by atoms with Crippen LogP contribution in [0.4, 0.5) is 0 Å². The van der Waals surface area contributed by atoms with Crippen LogP contribution in [0.1, 0.15) is 5.56 Å². The second-order valence-corrected chi connectivity index (χ2v) is 4.73. The monoisotopic (exact) mass is 310 g/mol. The van der Waals surface area contributed by atoms with Crippen LogP contribution in [0.5, 0.6) is 11.5 Å². The lowest BCUT2D eigenvalue weighted by Crippen LogP contribution is -1.95. The van der Waals surface area contributed by atoms with Crippen molar-refractivity contribution in [2.45, 2.75) is 6.42 Å². The van der Waals surface area contributed by atoms with E-state index in [0.717, 1.165) is 28.2 Å². The van der Waals surface area contributed by atoms with Crippen molar-refractivity contribution in [3.05, 3.63) is 48.0 Å². The van der Waals surface area contributed by atoms with E-state index in [0.29, 0.717) is 6.42 Å². The van der Waals surface area contributed by atoms with Gasteiger partial charge in [-0.2, -0.15) is 0 Å². The van der Waals surface area contributed by atoms with E-state index in [1.165, 1.54) is 7.11 Å². The van der Waals surface area contributed by atoms with Gasteiger partial charge in [0.1, 0.15) is 11.5 Å². The molecule has 0 saturated heterocycles. The minimum atomic E-state index is -0.537. The summed E-state index contributed by atoms with van der Waals surface area (Å²) >= 11 is 0. The highest BCUT2D eigenvalue weighted by molar-refractivity contribution is 5.88. The van der Waals surface area contributed by atoms with Crippen molar-refractivity contribution < 1.29 is 19.0 Å². The fourth-order valence-electron chi connectivity index (χ4n) is 2.18. The molecule has 0 aromatic heterocycles.